The van der Waals surface area contributed by atoms with Crippen LogP contribution in [0.25, 0.3) is 0 Å². The van der Waals surface area contributed by atoms with Gasteiger partial charge in [0.25, 0.3) is 0 Å². The van der Waals surface area contributed by atoms with Crippen LogP contribution < -0.4 is 10.5 Å². The van der Waals surface area contributed by atoms with Gasteiger partial charge in [0.2, 0.25) is 15.8 Å². The number of nitrogens with zero attached hydrogens (tertiary/aromatic N) is 1. The number of ketones is 1. The van der Waals surface area contributed by atoms with Crippen molar-refractivity contribution >= 4 is 45.0 Å². The van der Waals surface area contributed by atoms with Crippen LogP contribution in [-0.4, -0.2) is 33.3 Å². The van der Waals surface area contributed by atoms with Gasteiger partial charge in [-0.15, -0.1) is 0 Å². The summed E-state index contributed by atoms with van der Waals surface area (Å²) in [6.45, 7) is -0.0997. The van der Waals surface area contributed by atoms with Gasteiger partial charge in [-0.1, -0.05) is 23.2 Å². The third kappa shape index (κ3) is 6.03. The van der Waals surface area contributed by atoms with E-state index in [2.05, 4.69) is 4.74 Å². The van der Waals surface area contributed by atoms with Gasteiger partial charge in [0, 0.05) is 5.70 Å². The molecule has 0 aliphatic carbocycles. The molecule has 0 aromatic heterocycles. The third-order valence-corrected chi connectivity index (χ3v) is 4.90. The smallest absolute Gasteiger partial charge is 0.321 e. The maximum atomic E-state index is 12.0. The molecule has 1 aromatic rings. The number of carbonyl (C=O) groups is 2. The number of nitrogens with one attached hydrogen (secondary N) is 1. The van der Waals surface area contributed by atoms with Crippen molar-refractivity contribution in [2.24, 2.45) is 5.73 Å². The van der Waals surface area contributed by atoms with Crippen LogP contribution in [0.1, 0.15) is 6.92 Å². The fourth-order valence-corrected chi connectivity index (χ4v) is 2.88. The highest BCUT2D eigenvalue weighted by molar-refractivity contribution is 7.89. The summed E-state index contributed by atoms with van der Waals surface area (Å²) in [4.78, 5) is 23.0. The van der Waals surface area contributed by atoms with Crippen LogP contribution in [0.3, 0.4) is 0 Å². The molecule has 0 unspecified atom stereocenters. The SMILES string of the molecule is C/C(N)=C(/C#N)C(=O)COC(=O)CNS(=O)(=O)c1ccc(Cl)c(Cl)c1. The van der Waals surface area contributed by atoms with Gasteiger partial charge in [-0.2, -0.15) is 9.98 Å². The van der Waals surface area contributed by atoms with Crippen LogP contribution in [-0.2, 0) is 24.3 Å². The molecule has 0 spiro atoms. The van der Waals surface area contributed by atoms with E-state index in [-0.39, 0.29) is 26.2 Å². The minimum Gasteiger partial charge on any atom is -0.456 e. The molecule has 0 aliphatic rings. The Labute approximate surface area is 154 Å². The maximum absolute atomic E-state index is 12.0. The second-order valence-electron chi connectivity index (χ2n) is 4.65. The summed E-state index contributed by atoms with van der Waals surface area (Å²) in [5.41, 5.74) is 5.00. The average molecular weight is 406 g/mol. The van der Waals surface area contributed by atoms with Crippen LogP contribution >= 0.6 is 23.2 Å². The van der Waals surface area contributed by atoms with E-state index in [4.69, 9.17) is 34.2 Å². The van der Waals surface area contributed by atoms with E-state index in [9.17, 15) is 18.0 Å². The van der Waals surface area contributed by atoms with Crippen LogP contribution in [0.15, 0.2) is 34.4 Å². The highest BCUT2D eigenvalue weighted by atomic mass is 35.5. The van der Waals surface area contributed by atoms with Gasteiger partial charge in [-0.05, 0) is 25.1 Å². The highest BCUT2D eigenvalue weighted by Gasteiger charge is 2.19. The van der Waals surface area contributed by atoms with Crippen molar-refractivity contribution in [1.29, 1.82) is 5.26 Å². The monoisotopic (exact) mass is 405 g/mol. The van der Waals surface area contributed by atoms with Crippen LogP contribution in [0, 0.1) is 11.3 Å². The number of rotatable bonds is 7. The van der Waals surface area contributed by atoms with Gasteiger partial charge in [0.15, 0.2) is 6.61 Å². The summed E-state index contributed by atoms with van der Waals surface area (Å²) < 4.78 is 30.7. The molecule has 0 atom stereocenters. The van der Waals surface area contributed by atoms with Crippen molar-refractivity contribution in [2.75, 3.05) is 13.2 Å². The number of carbonyl (C=O) groups excluding carboxylic acids is 2. The first-order valence-electron chi connectivity index (χ1n) is 6.58. The maximum Gasteiger partial charge on any atom is 0.321 e. The van der Waals surface area contributed by atoms with Crippen LogP contribution in [0.2, 0.25) is 10.0 Å². The van der Waals surface area contributed by atoms with Gasteiger partial charge in [-0.25, -0.2) is 8.42 Å². The Bertz CT molecular complexity index is 871. The van der Waals surface area contributed by atoms with Crippen LogP contribution in [0.4, 0.5) is 0 Å². The summed E-state index contributed by atoms with van der Waals surface area (Å²) in [5.74, 6) is -1.80. The molecule has 0 fully saturated rings. The van der Waals surface area contributed by atoms with Gasteiger partial charge in [0.05, 0.1) is 14.9 Å². The number of nitrogens with two attached hydrogens (primary N) is 1. The highest BCUT2D eigenvalue weighted by Crippen LogP contribution is 2.24. The summed E-state index contributed by atoms with van der Waals surface area (Å²) in [6.07, 6.45) is 0. The Morgan fingerprint density at radius 1 is 1.32 bits per heavy atom. The zero-order valence-electron chi connectivity index (χ0n) is 12.9. The number of hydrogen-bond donors (Lipinski definition) is 2. The largest absolute Gasteiger partial charge is 0.456 e. The van der Waals surface area contributed by atoms with Crippen LogP contribution in [0.5, 0.6) is 0 Å². The fraction of sp³-hybridized carbons (Fsp3) is 0.214. The number of hydrogen-bond acceptors (Lipinski definition) is 7. The van der Waals surface area contributed by atoms with Gasteiger partial charge in [-0.3, -0.25) is 9.59 Å². The first-order valence-corrected chi connectivity index (χ1v) is 8.82. The lowest BCUT2D eigenvalue weighted by Crippen LogP contribution is -2.31. The fourth-order valence-electron chi connectivity index (χ4n) is 1.52. The van der Waals surface area contributed by atoms with E-state index < -0.39 is 34.9 Å². The van der Waals surface area contributed by atoms with Crippen molar-refractivity contribution < 1.29 is 22.7 Å². The molecule has 25 heavy (non-hydrogen) atoms. The Hall–Kier alpha value is -2.12. The number of Topliss-reactive ketones (excluding diaryl/α,β-unsaturated/α-hetero) is 1. The second kappa shape index (κ2) is 8.82. The number of benzene rings is 1. The molecular weight excluding hydrogens is 393 g/mol. The standard InChI is InChI=1S/C14H13Cl2N3O5S/c1-8(18)10(5-17)13(20)7-24-14(21)6-19-25(22,23)9-2-3-11(15)12(16)4-9/h2-4,19H,6-7,18H2,1H3/b10-8+. The molecule has 0 saturated carbocycles. The molecule has 3 N–H and O–H groups in total. The Morgan fingerprint density at radius 2 is 1.96 bits per heavy atom. The first kappa shape index (κ1) is 20.9. The number of nitriles is 1. The van der Waals surface area contributed by atoms with Crippen molar-refractivity contribution in [3.05, 3.63) is 39.5 Å². The van der Waals surface area contributed by atoms with Gasteiger partial charge in [0.1, 0.15) is 18.2 Å². The third-order valence-electron chi connectivity index (χ3n) is 2.76. The Balaban J connectivity index is 2.64. The lowest BCUT2D eigenvalue weighted by molar-refractivity contribution is -0.145. The minimum atomic E-state index is -4.03. The summed E-state index contributed by atoms with van der Waals surface area (Å²) in [6, 6.07) is 5.21. The first-order chi connectivity index (χ1) is 11.6. The Morgan fingerprint density at radius 3 is 2.48 bits per heavy atom. The molecular formula is C14H13Cl2N3O5S. The molecule has 8 nitrogen and oxygen atoms in total. The van der Waals surface area contributed by atoms with Crippen molar-refractivity contribution in [3.63, 3.8) is 0 Å². The average Bonchev–Trinajstić information content (AvgIpc) is 2.53. The lowest BCUT2D eigenvalue weighted by atomic mass is 10.1. The van der Waals surface area contributed by atoms with Gasteiger partial charge >= 0.3 is 5.97 Å². The zero-order chi connectivity index (χ0) is 19.2. The predicted molar refractivity (Wildman–Crippen MR) is 90.1 cm³/mol. The summed E-state index contributed by atoms with van der Waals surface area (Å²) in [5, 5.41) is 8.96. The van der Waals surface area contributed by atoms with Gasteiger partial charge < -0.3 is 10.5 Å². The molecule has 11 heteroatoms. The zero-order valence-corrected chi connectivity index (χ0v) is 15.2. The number of ether oxygens (including phenoxy) is 1. The Kier molecular flexibility index (Phi) is 7.38. The summed E-state index contributed by atoms with van der Waals surface area (Å²) >= 11 is 11.4. The number of allylic oxidation sites excluding steroid dienone is 1. The number of sulfonamides is 1. The molecule has 1 aromatic carbocycles. The quantitative estimate of drug-likeness (QED) is 0.393. The molecule has 0 amide bonds. The number of esters is 1. The number of halogens is 2. The minimum absolute atomic E-state index is 0.0103. The molecule has 0 bridgehead atoms. The van der Waals surface area contributed by atoms with Crippen molar-refractivity contribution in [2.45, 2.75) is 11.8 Å². The lowest BCUT2D eigenvalue weighted by Gasteiger charge is -2.08. The normalized spacial score (nSPS) is 12.1. The van der Waals surface area contributed by atoms with E-state index in [1.54, 1.807) is 6.07 Å². The summed E-state index contributed by atoms with van der Waals surface area (Å²) in [7, 11) is -4.03. The molecule has 0 aliphatic heterocycles. The van der Waals surface area contributed by atoms with Crippen molar-refractivity contribution in [1.82, 2.24) is 4.72 Å². The van der Waals surface area contributed by atoms with E-state index in [1.165, 1.54) is 19.1 Å². The second-order valence-corrected chi connectivity index (χ2v) is 7.24. The van der Waals surface area contributed by atoms with E-state index in [1.807, 2.05) is 4.72 Å². The van der Waals surface area contributed by atoms with E-state index in [0.29, 0.717) is 0 Å². The molecule has 1 rings (SSSR count). The molecule has 0 saturated heterocycles. The topological polar surface area (TPSA) is 139 Å². The van der Waals surface area contributed by atoms with E-state index in [0.717, 1.165) is 6.07 Å². The molecule has 0 radical (unpaired) electrons. The molecule has 134 valence electrons. The molecule has 0 heterocycles. The predicted octanol–water partition coefficient (Wildman–Crippen LogP) is 1.14. The van der Waals surface area contributed by atoms with E-state index >= 15 is 0 Å². The van der Waals surface area contributed by atoms with Crippen molar-refractivity contribution in [3.8, 4) is 6.07 Å².